The van der Waals surface area contributed by atoms with Gasteiger partial charge in [-0.05, 0) is 62.7 Å². The van der Waals surface area contributed by atoms with Gasteiger partial charge >= 0.3 is 0 Å². The molecule has 0 amide bonds. The second-order valence-corrected chi connectivity index (χ2v) is 10.1. The molecule has 1 saturated heterocycles. The lowest BCUT2D eigenvalue weighted by Crippen LogP contribution is -2.31. The van der Waals surface area contributed by atoms with Crippen LogP contribution in [0.1, 0.15) is 12.8 Å². The molecular formula is C30H31N5O. The van der Waals surface area contributed by atoms with Crippen LogP contribution in [0.4, 0.5) is 11.4 Å². The fourth-order valence-electron chi connectivity index (χ4n) is 5.56. The third-order valence-electron chi connectivity index (χ3n) is 7.74. The number of nitrogens with zero attached hydrogens (tertiary/aromatic N) is 5. The number of pyridine rings is 1. The van der Waals surface area contributed by atoms with Crippen molar-refractivity contribution in [3.63, 3.8) is 0 Å². The molecule has 6 heteroatoms. The minimum atomic E-state index is 0.644. The number of rotatable bonds is 4. The van der Waals surface area contributed by atoms with Crippen LogP contribution in [0, 0.1) is 12.5 Å². The van der Waals surface area contributed by atoms with Gasteiger partial charge in [0, 0.05) is 36.3 Å². The molecule has 6 rings (SSSR count). The molecule has 36 heavy (non-hydrogen) atoms. The molecule has 2 aromatic heterocycles. The summed E-state index contributed by atoms with van der Waals surface area (Å²) in [5.74, 6) is 1.59. The Bertz CT molecular complexity index is 1440. The van der Waals surface area contributed by atoms with Gasteiger partial charge in [0.2, 0.25) is 0 Å². The molecule has 0 radical (unpaired) electrons. The third kappa shape index (κ3) is 4.10. The Morgan fingerprint density at radius 1 is 1.00 bits per heavy atom. The summed E-state index contributed by atoms with van der Waals surface area (Å²) in [7, 11) is 4.31. The lowest BCUT2D eigenvalue weighted by Gasteiger charge is -2.29. The molecule has 4 aromatic rings. The van der Waals surface area contributed by atoms with Crippen molar-refractivity contribution in [2.75, 3.05) is 45.2 Å². The summed E-state index contributed by atoms with van der Waals surface area (Å²) >= 11 is 0. The summed E-state index contributed by atoms with van der Waals surface area (Å²) in [6.45, 7) is 12.3. The smallest absolute Gasteiger partial charge is 0.187 e. The van der Waals surface area contributed by atoms with E-state index in [1.165, 1.54) is 31.3 Å². The van der Waals surface area contributed by atoms with E-state index in [1.54, 1.807) is 0 Å². The van der Waals surface area contributed by atoms with Gasteiger partial charge in [0.15, 0.2) is 5.69 Å². The molecule has 0 unspecified atom stereocenters. The summed E-state index contributed by atoms with van der Waals surface area (Å²) < 4.78 is 8.38. The molecule has 2 aliphatic heterocycles. The number of likely N-dealkylation sites (tertiary alicyclic amines) is 1. The number of likely N-dealkylation sites (N-methyl/N-ethyl adjacent to an activating group) is 1. The molecule has 0 bridgehead atoms. The summed E-state index contributed by atoms with van der Waals surface area (Å²) in [6, 6.07) is 16.5. The zero-order valence-electron chi connectivity index (χ0n) is 20.9. The maximum Gasteiger partial charge on any atom is 0.187 e. The first-order valence-electron chi connectivity index (χ1n) is 12.7. The lowest BCUT2D eigenvalue weighted by atomic mass is 9.95. The molecule has 2 aliphatic rings. The molecule has 4 heterocycles. The fraction of sp³-hybridized carbons (Fsp3) is 0.333. The van der Waals surface area contributed by atoms with Gasteiger partial charge in [-0.25, -0.2) is 4.85 Å². The van der Waals surface area contributed by atoms with Crippen LogP contribution >= 0.6 is 0 Å². The topological polar surface area (TPSA) is 37.9 Å². The van der Waals surface area contributed by atoms with E-state index in [0.29, 0.717) is 18.2 Å². The number of benzene rings is 2. The zero-order valence-corrected chi connectivity index (χ0v) is 20.9. The number of fused-ring (bicyclic) bond motifs is 2. The first kappa shape index (κ1) is 22.6. The predicted octanol–water partition coefficient (Wildman–Crippen LogP) is 6.09. The maximum atomic E-state index is 7.36. The Hall–Kier alpha value is -3.82. The highest BCUT2D eigenvalue weighted by molar-refractivity contribution is 6.02. The molecule has 6 nitrogen and oxygen atoms in total. The Morgan fingerprint density at radius 2 is 1.78 bits per heavy atom. The standard InChI is InChI=1S/C30H31N5O/c1-31-24-7-4-22(5-8-24)29-25-12-15-35(20-21-10-13-33(2)14-11-21)27(25)19-32-30(29)23-6-9-26-28(18-23)36-17-16-34(26)3/h4-9,12,15,18-19,21H,10-11,13-14,16-17,20H2,2-3H3. The van der Waals surface area contributed by atoms with E-state index in [4.69, 9.17) is 16.3 Å². The molecule has 1 fully saturated rings. The number of piperidine rings is 1. The minimum Gasteiger partial charge on any atom is -0.490 e. The van der Waals surface area contributed by atoms with Gasteiger partial charge in [-0.2, -0.15) is 0 Å². The molecule has 0 atom stereocenters. The molecule has 0 spiro atoms. The highest BCUT2D eigenvalue weighted by Gasteiger charge is 2.22. The number of hydrogen-bond acceptors (Lipinski definition) is 4. The summed E-state index contributed by atoms with van der Waals surface area (Å²) in [6.07, 6.45) is 6.71. The first-order chi connectivity index (χ1) is 17.6. The lowest BCUT2D eigenvalue weighted by molar-refractivity contribution is 0.206. The largest absolute Gasteiger partial charge is 0.490 e. The van der Waals surface area contributed by atoms with Crippen molar-refractivity contribution >= 4 is 22.3 Å². The molecular weight excluding hydrogens is 446 g/mol. The van der Waals surface area contributed by atoms with Crippen LogP contribution in [0.25, 0.3) is 38.1 Å². The molecule has 0 aliphatic carbocycles. The number of anilines is 1. The highest BCUT2D eigenvalue weighted by Crippen LogP contribution is 2.41. The highest BCUT2D eigenvalue weighted by atomic mass is 16.5. The van der Waals surface area contributed by atoms with E-state index in [1.807, 2.05) is 30.5 Å². The van der Waals surface area contributed by atoms with E-state index in [-0.39, 0.29) is 0 Å². The zero-order chi connectivity index (χ0) is 24.6. The van der Waals surface area contributed by atoms with Crippen molar-refractivity contribution in [1.29, 1.82) is 0 Å². The van der Waals surface area contributed by atoms with Gasteiger partial charge < -0.3 is 19.1 Å². The normalized spacial score (nSPS) is 16.5. The maximum absolute atomic E-state index is 7.36. The van der Waals surface area contributed by atoms with Crippen LogP contribution in [0.2, 0.25) is 0 Å². The van der Waals surface area contributed by atoms with Crippen molar-refractivity contribution in [3.8, 4) is 28.1 Å². The van der Waals surface area contributed by atoms with E-state index >= 15 is 0 Å². The average molecular weight is 478 g/mol. The number of ether oxygens (including phenoxy) is 1. The van der Waals surface area contributed by atoms with Crippen LogP contribution in [0.3, 0.4) is 0 Å². The van der Waals surface area contributed by atoms with Crippen molar-refractivity contribution in [1.82, 2.24) is 14.5 Å². The minimum absolute atomic E-state index is 0.644. The fourth-order valence-corrected chi connectivity index (χ4v) is 5.56. The molecule has 182 valence electrons. The van der Waals surface area contributed by atoms with Gasteiger partial charge in [-0.3, -0.25) is 4.98 Å². The Morgan fingerprint density at radius 3 is 2.56 bits per heavy atom. The summed E-state index contributed by atoms with van der Waals surface area (Å²) in [5, 5.41) is 1.19. The van der Waals surface area contributed by atoms with Crippen LogP contribution in [-0.2, 0) is 6.54 Å². The van der Waals surface area contributed by atoms with Gasteiger partial charge in [0.05, 0.1) is 36.2 Å². The van der Waals surface area contributed by atoms with Gasteiger partial charge in [0.25, 0.3) is 0 Å². The predicted molar refractivity (Wildman–Crippen MR) is 146 cm³/mol. The Labute approximate surface area is 212 Å². The summed E-state index contributed by atoms with van der Waals surface area (Å²) in [5.41, 5.74) is 7.08. The molecule has 2 aromatic carbocycles. The first-order valence-corrected chi connectivity index (χ1v) is 12.7. The molecule has 0 saturated carbocycles. The van der Waals surface area contributed by atoms with Crippen molar-refractivity contribution < 1.29 is 4.74 Å². The van der Waals surface area contributed by atoms with E-state index in [0.717, 1.165) is 52.4 Å². The summed E-state index contributed by atoms with van der Waals surface area (Å²) in [4.78, 5) is 13.3. The van der Waals surface area contributed by atoms with Crippen LogP contribution in [0.5, 0.6) is 5.75 Å². The molecule has 0 N–H and O–H groups in total. The quantitative estimate of drug-likeness (QED) is 0.333. The second-order valence-electron chi connectivity index (χ2n) is 10.1. The van der Waals surface area contributed by atoms with Crippen molar-refractivity contribution in [2.45, 2.75) is 19.4 Å². The Kier molecular flexibility index (Phi) is 5.86. The van der Waals surface area contributed by atoms with Gasteiger partial charge in [-0.15, -0.1) is 0 Å². The van der Waals surface area contributed by atoms with Crippen LogP contribution < -0.4 is 9.64 Å². The van der Waals surface area contributed by atoms with E-state index in [9.17, 15) is 0 Å². The monoisotopic (exact) mass is 477 g/mol. The van der Waals surface area contributed by atoms with Crippen LogP contribution in [0.15, 0.2) is 60.9 Å². The second kappa shape index (κ2) is 9.33. The van der Waals surface area contributed by atoms with Crippen molar-refractivity contribution in [2.24, 2.45) is 5.92 Å². The average Bonchev–Trinajstić information content (AvgIpc) is 3.32. The SMILES string of the molecule is [C-]#[N+]c1ccc(-c2c(-c3ccc4c(c3)OCCN4C)ncc3c2ccn3CC2CCN(C)CC2)cc1. The van der Waals surface area contributed by atoms with Gasteiger partial charge in [-0.1, -0.05) is 30.3 Å². The van der Waals surface area contributed by atoms with E-state index in [2.05, 4.69) is 63.8 Å². The van der Waals surface area contributed by atoms with E-state index < -0.39 is 0 Å². The third-order valence-corrected chi connectivity index (χ3v) is 7.74. The van der Waals surface area contributed by atoms with Crippen LogP contribution in [-0.4, -0.2) is 54.8 Å². The number of hydrogen-bond donors (Lipinski definition) is 0. The number of aromatic nitrogens is 2. The van der Waals surface area contributed by atoms with Gasteiger partial charge in [0.1, 0.15) is 12.4 Å². The van der Waals surface area contributed by atoms with Crippen molar-refractivity contribution in [3.05, 3.63) is 72.3 Å². The Balaban J connectivity index is 1.46.